The summed E-state index contributed by atoms with van der Waals surface area (Å²) in [6.07, 6.45) is 3.28. The topological polar surface area (TPSA) is 91.2 Å². The predicted molar refractivity (Wildman–Crippen MR) is 132 cm³/mol. The molecule has 0 bridgehead atoms. The summed E-state index contributed by atoms with van der Waals surface area (Å²) < 4.78 is 15.2. The molecule has 0 aliphatic carbocycles. The number of benzene rings is 1. The molecular weight excluding hydrogens is 447 g/mol. The Hall–Kier alpha value is -3.79. The highest BCUT2D eigenvalue weighted by atomic mass is 19.1. The number of carbonyl (C=O) groups excluding carboxylic acids is 1. The van der Waals surface area contributed by atoms with Crippen LogP contribution in [-0.4, -0.2) is 49.7 Å². The number of allylic oxidation sites excluding steroid dienone is 1. The SMILES string of the molecule is CCc1c(Nc2cc(N3NC(C)C(C(=O)N4CCC4)=C3C)ncn2)nn(C)c1-c1ccc(F)cc1. The highest BCUT2D eigenvalue weighted by Crippen LogP contribution is 2.32. The third-order valence-corrected chi connectivity index (χ3v) is 6.60. The predicted octanol–water partition coefficient (Wildman–Crippen LogP) is 3.54. The lowest BCUT2D eigenvalue weighted by atomic mass is 10.0. The molecule has 182 valence electrons. The third kappa shape index (κ3) is 4.14. The largest absolute Gasteiger partial charge is 0.339 e. The average molecular weight is 477 g/mol. The van der Waals surface area contributed by atoms with E-state index in [1.807, 2.05) is 36.9 Å². The van der Waals surface area contributed by atoms with Crippen LogP contribution in [0.1, 0.15) is 32.8 Å². The third-order valence-electron chi connectivity index (χ3n) is 6.60. The van der Waals surface area contributed by atoms with Crippen molar-refractivity contribution < 1.29 is 9.18 Å². The molecule has 10 heteroatoms. The molecule has 0 radical (unpaired) electrons. The molecule has 5 rings (SSSR count). The van der Waals surface area contributed by atoms with E-state index in [0.717, 1.165) is 54.0 Å². The van der Waals surface area contributed by atoms with Gasteiger partial charge in [-0.3, -0.25) is 14.5 Å². The second-order valence-electron chi connectivity index (χ2n) is 8.88. The Bertz CT molecular complexity index is 1300. The van der Waals surface area contributed by atoms with Gasteiger partial charge in [-0.05, 0) is 51.0 Å². The number of hydrogen-bond acceptors (Lipinski definition) is 7. The summed E-state index contributed by atoms with van der Waals surface area (Å²) in [6, 6.07) is 8.12. The zero-order valence-corrected chi connectivity index (χ0v) is 20.3. The Labute approximate surface area is 203 Å². The van der Waals surface area contributed by atoms with E-state index in [-0.39, 0.29) is 17.8 Å². The van der Waals surface area contributed by atoms with E-state index in [0.29, 0.717) is 17.5 Å². The van der Waals surface area contributed by atoms with Crippen molar-refractivity contribution in [3.63, 3.8) is 0 Å². The highest BCUT2D eigenvalue weighted by molar-refractivity contribution is 5.97. The van der Waals surface area contributed by atoms with Crippen LogP contribution < -0.4 is 15.8 Å². The van der Waals surface area contributed by atoms with Crippen LogP contribution in [0.2, 0.25) is 0 Å². The number of hydrogen-bond donors (Lipinski definition) is 2. The van der Waals surface area contributed by atoms with Gasteiger partial charge in [-0.2, -0.15) is 5.10 Å². The Morgan fingerprint density at radius 3 is 2.63 bits per heavy atom. The lowest BCUT2D eigenvalue weighted by Crippen LogP contribution is -2.45. The van der Waals surface area contributed by atoms with Crippen molar-refractivity contribution in [3.05, 3.63) is 59.3 Å². The van der Waals surface area contributed by atoms with Crippen LogP contribution in [0, 0.1) is 5.82 Å². The van der Waals surface area contributed by atoms with Crippen LogP contribution in [0.4, 0.5) is 21.8 Å². The number of nitrogens with one attached hydrogen (secondary N) is 2. The first-order valence-electron chi connectivity index (χ1n) is 11.8. The zero-order chi connectivity index (χ0) is 24.7. The van der Waals surface area contributed by atoms with Crippen LogP contribution >= 0.6 is 0 Å². The Balaban J connectivity index is 1.42. The maximum Gasteiger partial charge on any atom is 0.253 e. The molecule has 4 heterocycles. The maximum absolute atomic E-state index is 13.4. The molecule has 0 saturated carbocycles. The summed E-state index contributed by atoms with van der Waals surface area (Å²) in [5.41, 5.74) is 7.77. The van der Waals surface area contributed by atoms with Gasteiger partial charge in [0.1, 0.15) is 18.0 Å². The van der Waals surface area contributed by atoms with Crippen molar-refractivity contribution in [1.82, 2.24) is 30.1 Å². The molecule has 2 aliphatic heterocycles. The average Bonchev–Trinajstić information content (AvgIpc) is 3.27. The molecule has 9 nitrogen and oxygen atoms in total. The van der Waals surface area contributed by atoms with Crippen LogP contribution in [0.3, 0.4) is 0 Å². The van der Waals surface area contributed by atoms with E-state index < -0.39 is 0 Å². The summed E-state index contributed by atoms with van der Waals surface area (Å²) in [5, 5.41) is 9.83. The van der Waals surface area contributed by atoms with Gasteiger partial charge in [0.2, 0.25) is 0 Å². The molecule has 0 spiro atoms. The van der Waals surface area contributed by atoms with E-state index in [4.69, 9.17) is 0 Å². The van der Waals surface area contributed by atoms with Crippen molar-refractivity contribution >= 4 is 23.4 Å². The Morgan fingerprint density at radius 2 is 1.97 bits per heavy atom. The number of hydrazine groups is 1. The molecule has 1 unspecified atom stereocenters. The van der Waals surface area contributed by atoms with Crippen LogP contribution in [0.25, 0.3) is 11.3 Å². The van der Waals surface area contributed by atoms with Gasteiger partial charge in [0.15, 0.2) is 11.6 Å². The van der Waals surface area contributed by atoms with Crippen LogP contribution in [0.5, 0.6) is 0 Å². The van der Waals surface area contributed by atoms with Gasteiger partial charge in [-0.25, -0.2) is 19.8 Å². The number of aryl methyl sites for hydroxylation is 1. The lowest BCUT2D eigenvalue weighted by molar-refractivity contribution is -0.130. The molecule has 1 fully saturated rings. The first-order valence-corrected chi connectivity index (χ1v) is 11.8. The van der Waals surface area contributed by atoms with E-state index in [1.165, 1.54) is 18.5 Å². The van der Waals surface area contributed by atoms with Crippen LogP contribution in [-0.2, 0) is 18.3 Å². The summed E-state index contributed by atoms with van der Waals surface area (Å²) in [6.45, 7) is 7.60. The minimum Gasteiger partial charge on any atom is -0.339 e. The summed E-state index contributed by atoms with van der Waals surface area (Å²) in [7, 11) is 1.87. The molecule has 1 atom stereocenters. The van der Waals surface area contributed by atoms with E-state index >= 15 is 0 Å². The standard InChI is InChI=1S/C25H29FN8O/c1-5-19-23(17-7-9-18(26)10-8-17)32(4)31-24(19)29-20-13-21(28-14-27-20)34-16(3)22(15(2)30-34)25(35)33-11-6-12-33/h7-10,13-15,30H,5-6,11-12H2,1-4H3,(H,27,28,29,31). The normalized spacial score (nSPS) is 17.7. The van der Waals surface area contributed by atoms with Gasteiger partial charge >= 0.3 is 0 Å². The Morgan fingerprint density at radius 1 is 1.23 bits per heavy atom. The van der Waals surface area contributed by atoms with Gasteiger partial charge in [0, 0.05) is 43.0 Å². The molecule has 35 heavy (non-hydrogen) atoms. The minimum atomic E-state index is -0.273. The van der Waals surface area contributed by atoms with Crippen molar-refractivity contribution in [2.75, 3.05) is 23.4 Å². The van der Waals surface area contributed by atoms with Crippen molar-refractivity contribution in [2.24, 2.45) is 7.05 Å². The fraction of sp³-hybridized carbons (Fsp3) is 0.360. The van der Waals surface area contributed by atoms with E-state index in [2.05, 4.69) is 32.7 Å². The first kappa shape index (κ1) is 23.0. The van der Waals surface area contributed by atoms with E-state index in [1.54, 1.807) is 16.8 Å². The number of likely N-dealkylation sites (tertiary alicyclic amines) is 1. The molecule has 1 saturated heterocycles. The quantitative estimate of drug-likeness (QED) is 0.562. The molecule has 2 aromatic heterocycles. The van der Waals surface area contributed by atoms with Crippen LogP contribution in [0.15, 0.2) is 47.9 Å². The summed E-state index contributed by atoms with van der Waals surface area (Å²) in [4.78, 5) is 23.6. The lowest BCUT2D eigenvalue weighted by Gasteiger charge is -2.32. The minimum absolute atomic E-state index is 0.0815. The molecule has 2 aliphatic rings. The van der Waals surface area contributed by atoms with E-state index in [9.17, 15) is 9.18 Å². The number of rotatable bonds is 6. The summed E-state index contributed by atoms with van der Waals surface area (Å²) in [5.74, 6) is 1.70. The second-order valence-corrected chi connectivity index (χ2v) is 8.88. The highest BCUT2D eigenvalue weighted by Gasteiger charge is 2.35. The second kappa shape index (κ2) is 9.10. The van der Waals surface area contributed by atoms with Crippen molar-refractivity contribution in [3.8, 4) is 11.3 Å². The smallest absolute Gasteiger partial charge is 0.253 e. The zero-order valence-electron chi connectivity index (χ0n) is 20.3. The fourth-order valence-electron chi connectivity index (χ4n) is 4.69. The van der Waals surface area contributed by atoms with Gasteiger partial charge in [0.05, 0.1) is 17.3 Å². The molecule has 2 N–H and O–H groups in total. The monoisotopic (exact) mass is 476 g/mol. The number of carbonyl (C=O) groups is 1. The molecule has 1 aromatic carbocycles. The molecular formula is C25H29FN8O. The van der Waals surface area contributed by atoms with Gasteiger partial charge in [0.25, 0.3) is 5.91 Å². The number of nitrogens with zero attached hydrogens (tertiary/aromatic N) is 6. The van der Waals surface area contributed by atoms with Gasteiger partial charge in [-0.15, -0.1) is 0 Å². The first-order chi connectivity index (χ1) is 16.9. The Kier molecular flexibility index (Phi) is 5.98. The molecule has 3 aromatic rings. The number of anilines is 3. The number of aromatic nitrogens is 4. The van der Waals surface area contributed by atoms with Gasteiger partial charge in [-0.1, -0.05) is 6.92 Å². The summed E-state index contributed by atoms with van der Waals surface area (Å²) >= 11 is 0. The van der Waals surface area contributed by atoms with Crippen molar-refractivity contribution in [2.45, 2.75) is 39.7 Å². The van der Waals surface area contributed by atoms with Gasteiger partial charge < -0.3 is 10.2 Å². The fourth-order valence-corrected chi connectivity index (χ4v) is 4.69. The molecule has 1 amide bonds. The maximum atomic E-state index is 13.4. The number of amides is 1. The van der Waals surface area contributed by atoms with Crippen molar-refractivity contribution in [1.29, 1.82) is 0 Å². The number of halogens is 1.